The summed E-state index contributed by atoms with van der Waals surface area (Å²) in [5.74, 6) is -5.11. The normalized spacial score (nSPS) is 15.4. The van der Waals surface area contributed by atoms with Crippen LogP contribution in [0.25, 0.3) is 0 Å². The molecule has 1 aliphatic rings. The van der Waals surface area contributed by atoms with Crippen LogP contribution in [0.3, 0.4) is 0 Å². The van der Waals surface area contributed by atoms with Crippen molar-refractivity contribution in [2.45, 2.75) is 94.8 Å². The number of allylic oxidation sites excluding steroid dienone is 2. The number of phenols is 1. The molecule has 0 bridgehead atoms. The van der Waals surface area contributed by atoms with Crippen LogP contribution in [0, 0.1) is 62.3 Å². The Balaban J connectivity index is 1.66. The number of aliphatic hydroxyl groups is 1. The lowest BCUT2D eigenvalue weighted by Crippen LogP contribution is -2.48. The van der Waals surface area contributed by atoms with E-state index in [1.807, 2.05) is 0 Å². The third-order valence-electron chi connectivity index (χ3n) is 9.96. The van der Waals surface area contributed by atoms with Crippen LogP contribution in [0.2, 0.25) is 0 Å². The van der Waals surface area contributed by atoms with Crippen molar-refractivity contribution in [3.63, 3.8) is 0 Å². The van der Waals surface area contributed by atoms with Gasteiger partial charge in [-0.25, -0.2) is 19.2 Å². The summed E-state index contributed by atoms with van der Waals surface area (Å²) in [6.45, 7) is 19.4. The second-order valence-electron chi connectivity index (χ2n) is 13.7. The van der Waals surface area contributed by atoms with Crippen LogP contribution in [0.4, 0.5) is 0 Å². The van der Waals surface area contributed by atoms with Crippen LogP contribution in [0.15, 0.2) is 34.0 Å². The minimum absolute atomic E-state index is 0.0318. The average Bonchev–Trinajstić information content (AvgIpc) is 3.07. The Morgan fingerprint density at radius 1 is 0.685 bits per heavy atom. The molecule has 0 radical (unpaired) electrons. The summed E-state index contributed by atoms with van der Waals surface area (Å²) >= 11 is 3.23. The second-order valence-corrected chi connectivity index (χ2v) is 14.5. The fraction of sp³-hybridized carbons (Fsp3) is 0.341. The summed E-state index contributed by atoms with van der Waals surface area (Å²) in [4.78, 5) is 65.0. The lowest BCUT2D eigenvalue weighted by Gasteiger charge is -2.32. The van der Waals surface area contributed by atoms with E-state index >= 15 is 0 Å². The zero-order valence-corrected chi connectivity index (χ0v) is 33.8. The molecule has 0 heterocycles. The Morgan fingerprint density at radius 2 is 1.19 bits per heavy atom. The molecule has 0 saturated carbocycles. The van der Waals surface area contributed by atoms with Crippen LogP contribution in [-0.2, 0) is 14.3 Å². The van der Waals surface area contributed by atoms with Gasteiger partial charge < -0.3 is 34.3 Å². The minimum Gasteiger partial charge on any atom is -0.506 e. The molecule has 12 nitrogen and oxygen atoms in total. The molecule has 286 valence electrons. The number of carboxylic acid groups (broad SMARTS) is 1. The number of aryl methyl sites for hydroxylation is 1. The zero-order chi connectivity index (χ0) is 40.9. The van der Waals surface area contributed by atoms with Gasteiger partial charge in [0.05, 0.1) is 17.2 Å². The van der Waals surface area contributed by atoms with Gasteiger partial charge in [0.15, 0.2) is 11.5 Å². The van der Waals surface area contributed by atoms with Crippen molar-refractivity contribution in [2.75, 3.05) is 0 Å². The number of esters is 3. The molecule has 54 heavy (non-hydrogen) atoms. The maximum absolute atomic E-state index is 13.7. The van der Waals surface area contributed by atoms with E-state index in [4.69, 9.17) is 18.9 Å². The number of benzene rings is 3. The van der Waals surface area contributed by atoms with Gasteiger partial charge in [-0.3, -0.25) is 4.79 Å². The molecule has 0 saturated heterocycles. The predicted octanol–water partition coefficient (Wildman–Crippen LogP) is 7.54. The van der Waals surface area contributed by atoms with Crippen molar-refractivity contribution in [2.24, 2.45) is 0 Å². The number of hydrogen-bond acceptors (Lipinski definition) is 11. The van der Waals surface area contributed by atoms with E-state index in [-0.39, 0.29) is 60.9 Å². The summed E-state index contributed by atoms with van der Waals surface area (Å²) in [6, 6.07) is 1.50. The van der Waals surface area contributed by atoms with E-state index in [1.54, 1.807) is 69.2 Å². The highest BCUT2D eigenvalue weighted by Crippen LogP contribution is 2.44. The van der Waals surface area contributed by atoms with E-state index in [9.17, 15) is 39.3 Å². The number of hydrogen-bond donors (Lipinski definition) is 3. The first-order valence-electron chi connectivity index (χ1n) is 16.9. The van der Waals surface area contributed by atoms with Crippen molar-refractivity contribution >= 4 is 45.6 Å². The van der Waals surface area contributed by atoms with Gasteiger partial charge in [-0.2, -0.15) is 0 Å². The second kappa shape index (κ2) is 15.2. The highest BCUT2D eigenvalue weighted by Gasteiger charge is 2.49. The molecule has 4 rings (SSSR count). The summed E-state index contributed by atoms with van der Waals surface area (Å²) < 4.78 is 22.7. The third kappa shape index (κ3) is 7.17. The predicted molar refractivity (Wildman–Crippen MR) is 202 cm³/mol. The van der Waals surface area contributed by atoms with Crippen molar-refractivity contribution in [3.05, 3.63) is 101 Å². The quantitative estimate of drug-likeness (QED) is 0.143. The number of phenolic OH excluding ortho intramolecular Hbond substituents is 1. The number of rotatable bonds is 9. The van der Waals surface area contributed by atoms with Crippen molar-refractivity contribution in [3.8, 4) is 23.0 Å². The van der Waals surface area contributed by atoms with Crippen molar-refractivity contribution < 1.29 is 58.2 Å². The topological polar surface area (TPSA) is 183 Å². The standard InChI is InChI=1S/C41H43BrO12/c1-16(2)51-29-15-27(43)14-18(4)41(29,50)40(49)54-36-26(12)23(9)32(34(44)33(36)42)39(48)52-28-13-17(3)30(20(6)19(28)5)38(47)53-35-24(10)21(7)31(37(45)46)22(8)25(35)11/h13-16,44,50H,1-12H3,(H,45,46)/t41-/m1/s1. The number of aromatic hydroxyl groups is 1. The number of ketones is 1. The molecule has 1 atom stereocenters. The van der Waals surface area contributed by atoms with Crippen LogP contribution in [0.1, 0.15) is 102 Å². The molecule has 0 unspecified atom stereocenters. The van der Waals surface area contributed by atoms with Crippen LogP contribution < -0.4 is 14.2 Å². The monoisotopic (exact) mass is 806 g/mol. The number of ether oxygens (including phenoxy) is 4. The molecule has 0 aliphatic heterocycles. The minimum atomic E-state index is -2.45. The summed E-state index contributed by atoms with van der Waals surface area (Å²) in [5.41, 5.74) is 1.49. The molecule has 13 heteroatoms. The average molecular weight is 808 g/mol. The number of carbonyl (C=O) groups is 5. The van der Waals surface area contributed by atoms with Gasteiger partial charge in [0, 0.05) is 6.08 Å². The van der Waals surface area contributed by atoms with Crippen molar-refractivity contribution in [1.29, 1.82) is 0 Å². The maximum Gasteiger partial charge on any atom is 0.356 e. The Morgan fingerprint density at radius 3 is 1.72 bits per heavy atom. The van der Waals surface area contributed by atoms with E-state index in [2.05, 4.69) is 15.9 Å². The molecule has 0 spiro atoms. The first kappa shape index (κ1) is 41.5. The van der Waals surface area contributed by atoms with E-state index in [0.717, 1.165) is 12.2 Å². The highest BCUT2D eigenvalue weighted by atomic mass is 79.9. The van der Waals surface area contributed by atoms with Crippen LogP contribution in [-0.4, -0.2) is 56.7 Å². The fourth-order valence-electron chi connectivity index (χ4n) is 6.39. The smallest absolute Gasteiger partial charge is 0.356 e. The number of halogens is 1. The van der Waals surface area contributed by atoms with Gasteiger partial charge in [0.1, 0.15) is 33.0 Å². The number of carbonyl (C=O) groups excluding carboxylic acids is 4. The molecule has 0 fully saturated rings. The molecule has 3 N–H and O–H groups in total. The third-order valence-corrected chi connectivity index (χ3v) is 10.7. The molecular weight excluding hydrogens is 764 g/mol. The summed E-state index contributed by atoms with van der Waals surface area (Å²) in [7, 11) is 0. The molecule has 1 aliphatic carbocycles. The Labute approximate surface area is 321 Å². The lowest BCUT2D eigenvalue weighted by molar-refractivity contribution is -0.152. The summed E-state index contributed by atoms with van der Waals surface area (Å²) in [6.07, 6.45) is 1.60. The van der Waals surface area contributed by atoms with E-state index in [1.165, 1.54) is 19.9 Å². The van der Waals surface area contributed by atoms with E-state index in [0.29, 0.717) is 38.9 Å². The molecule has 0 amide bonds. The Hall–Kier alpha value is -5.27. The lowest BCUT2D eigenvalue weighted by atomic mass is 9.87. The van der Waals surface area contributed by atoms with Gasteiger partial charge in [0.25, 0.3) is 0 Å². The van der Waals surface area contributed by atoms with Gasteiger partial charge >= 0.3 is 23.9 Å². The van der Waals surface area contributed by atoms with Gasteiger partial charge in [0.2, 0.25) is 5.60 Å². The molecule has 0 aromatic heterocycles. The van der Waals surface area contributed by atoms with Crippen molar-refractivity contribution in [1.82, 2.24) is 0 Å². The first-order valence-corrected chi connectivity index (χ1v) is 17.7. The molecule has 3 aromatic rings. The van der Waals surface area contributed by atoms with Gasteiger partial charge in [-0.05, 0) is 167 Å². The maximum atomic E-state index is 13.7. The number of carboxylic acids is 1. The zero-order valence-electron chi connectivity index (χ0n) is 32.2. The highest BCUT2D eigenvalue weighted by molar-refractivity contribution is 9.10. The SMILES string of the molecule is CC1=CC(=O)C=C(OC(C)C)[C@@]1(O)C(=O)Oc1c(C)c(C)c(C(=O)Oc2cc(C)c(C(=O)Oc3c(C)c(C)c(C(=O)O)c(C)c3C)c(C)c2C)c(O)c1Br. The Bertz CT molecular complexity index is 2180. The summed E-state index contributed by atoms with van der Waals surface area (Å²) in [5, 5.41) is 32.5. The first-order chi connectivity index (χ1) is 25.0. The van der Waals surface area contributed by atoms with Crippen LogP contribution in [0.5, 0.6) is 23.0 Å². The van der Waals surface area contributed by atoms with Gasteiger partial charge in [-0.1, -0.05) is 0 Å². The van der Waals surface area contributed by atoms with E-state index < -0.39 is 47.1 Å². The molecular formula is C41H43BrO12. The fourth-order valence-corrected chi connectivity index (χ4v) is 6.97. The number of aromatic carboxylic acids is 1. The van der Waals surface area contributed by atoms with Gasteiger partial charge in [-0.15, -0.1) is 0 Å². The largest absolute Gasteiger partial charge is 0.506 e. The van der Waals surface area contributed by atoms with Crippen LogP contribution >= 0.6 is 15.9 Å². The Kier molecular flexibility index (Phi) is 11.7. The molecule has 3 aromatic carbocycles.